The Morgan fingerprint density at radius 2 is 2.24 bits per heavy atom. The van der Waals surface area contributed by atoms with Gasteiger partial charge in [0.05, 0.1) is 13.2 Å². The zero-order valence-electron chi connectivity index (χ0n) is 13.1. The van der Waals surface area contributed by atoms with E-state index in [0.29, 0.717) is 19.6 Å². The first kappa shape index (κ1) is 17.7. The van der Waals surface area contributed by atoms with Crippen LogP contribution in [0.1, 0.15) is 46.0 Å². The Morgan fingerprint density at radius 3 is 2.86 bits per heavy atom. The summed E-state index contributed by atoms with van der Waals surface area (Å²) < 4.78 is 15.8. The Balaban J connectivity index is 2.56. The summed E-state index contributed by atoms with van der Waals surface area (Å²) in [6.07, 6.45) is 4.95. The van der Waals surface area contributed by atoms with Crippen LogP contribution in [-0.2, 0) is 23.8 Å². The number of ether oxygens (including phenoxy) is 3. The number of carbonyl (C=O) groups excluding carboxylic acids is 2. The molecule has 5 nitrogen and oxygen atoms in total. The molecule has 0 spiro atoms. The molecule has 120 valence electrons. The van der Waals surface area contributed by atoms with Crippen LogP contribution in [-0.4, -0.2) is 37.9 Å². The third kappa shape index (κ3) is 4.56. The van der Waals surface area contributed by atoms with Gasteiger partial charge in [-0.05, 0) is 19.8 Å². The van der Waals surface area contributed by atoms with Gasteiger partial charge in [-0.1, -0.05) is 25.8 Å². The van der Waals surface area contributed by atoms with Gasteiger partial charge < -0.3 is 14.2 Å². The normalized spacial score (nSPS) is 24.7. The number of cyclic esters (lactones) is 1. The zero-order chi connectivity index (χ0) is 15.7. The monoisotopic (exact) mass is 298 g/mol. The lowest BCUT2D eigenvalue weighted by Crippen LogP contribution is -2.37. The van der Waals surface area contributed by atoms with Crippen LogP contribution >= 0.6 is 0 Å². The topological polar surface area (TPSA) is 61.8 Å². The highest BCUT2D eigenvalue weighted by Gasteiger charge is 2.55. The first-order chi connectivity index (χ1) is 10.1. The molecule has 1 fully saturated rings. The Kier molecular flexibility index (Phi) is 7.43. The lowest BCUT2D eigenvalue weighted by atomic mass is 9.81. The average Bonchev–Trinajstić information content (AvgIpc) is 2.77. The molecule has 0 saturated carbocycles. The molecule has 0 aliphatic carbocycles. The molecule has 0 aromatic rings. The van der Waals surface area contributed by atoms with E-state index in [2.05, 4.69) is 13.5 Å². The number of hydrogen-bond donors (Lipinski definition) is 0. The summed E-state index contributed by atoms with van der Waals surface area (Å²) in [6.45, 7) is 8.68. The first-order valence-electron chi connectivity index (χ1n) is 7.67. The standard InChI is InChI=1S/C16H26O5/c1-4-7-8-10-19-12-13-11-16(9-5-2,15(18)21-13)14(17)20-6-3/h5,13H,2,4,6-12H2,1,3H3. The molecule has 1 aliphatic heterocycles. The molecular weight excluding hydrogens is 272 g/mol. The minimum absolute atomic E-state index is 0.233. The van der Waals surface area contributed by atoms with Gasteiger partial charge in [0.15, 0.2) is 5.41 Å². The quantitative estimate of drug-likeness (QED) is 0.268. The van der Waals surface area contributed by atoms with E-state index in [1.807, 2.05) is 0 Å². The van der Waals surface area contributed by atoms with Gasteiger partial charge in [-0.2, -0.15) is 0 Å². The molecule has 0 N–H and O–H groups in total. The van der Waals surface area contributed by atoms with Crippen molar-refractivity contribution in [3.05, 3.63) is 12.7 Å². The van der Waals surface area contributed by atoms with E-state index < -0.39 is 17.4 Å². The highest BCUT2D eigenvalue weighted by molar-refractivity contribution is 6.01. The summed E-state index contributed by atoms with van der Waals surface area (Å²) in [6, 6.07) is 0. The van der Waals surface area contributed by atoms with Gasteiger partial charge in [-0.3, -0.25) is 9.59 Å². The van der Waals surface area contributed by atoms with Crippen LogP contribution in [0.4, 0.5) is 0 Å². The summed E-state index contributed by atoms with van der Waals surface area (Å²) >= 11 is 0. The van der Waals surface area contributed by atoms with Gasteiger partial charge in [-0.15, -0.1) is 6.58 Å². The van der Waals surface area contributed by atoms with Gasteiger partial charge >= 0.3 is 11.9 Å². The van der Waals surface area contributed by atoms with Crippen molar-refractivity contribution in [3.63, 3.8) is 0 Å². The summed E-state index contributed by atoms with van der Waals surface area (Å²) in [5.41, 5.74) is -1.24. The van der Waals surface area contributed by atoms with Gasteiger partial charge in [-0.25, -0.2) is 0 Å². The summed E-state index contributed by atoms with van der Waals surface area (Å²) in [5, 5.41) is 0. The molecular formula is C16H26O5. The Bertz CT molecular complexity index is 366. The fourth-order valence-electron chi connectivity index (χ4n) is 2.47. The SMILES string of the molecule is C=CCC1(C(=O)OCC)CC(COCCCCC)OC1=O. The second kappa shape index (κ2) is 8.82. The molecule has 1 rings (SSSR count). The van der Waals surface area contributed by atoms with E-state index in [4.69, 9.17) is 14.2 Å². The maximum absolute atomic E-state index is 12.1. The van der Waals surface area contributed by atoms with Crippen LogP contribution in [0.15, 0.2) is 12.7 Å². The van der Waals surface area contributed by atoms with E-state index in [0.717, 1.165) is 19.3 Å². The lowest BCUT2D eigenvalue weighted by Gasteiger charge is -2.20. The van der Waals surface area contributed by atoms with E-state index in [1.54, 1.807) is 13.0 Å². The van der Waals surface area contributed by atoms with Crippen molar-refractivity contribution in [2.45, 2.75) is 52.1 Å². The Morgan fingerprint density at radius 1 is 1.48 bits per heavy atom. The van der Waals surface area contributed by atoms with Crippen LogP contribution in [0, 0.1) is 5.41 Å². The van der Waals surface area contributed by atoms with Crippen molar-refractivity contribution in [3.8, 4) is 0 Å². The molecule has 1 aliphatic rings. The Labute approximate surface area is 126 Å². The number of unbranched alkanes of at least 4 members (excludes halogenated alkanes) is 2. The molecule has 0 bridgehead atoms. The van der Waals surface area contributed by atoms with Crippen molar-refractivity contribution in [1.82, 2.24) is 0 Å². The number of rotatable bonds is 10. The van der Waals surface area contributed by atoms with Gasteiger partial charge in [0.2, 0.25) is 0 Å². The predicted octanol–water partition coefficient (Wildman–Crippen LogP) is 2.63. The van der Waals surface area contributed by atoms with E-state index in [-0.39, 0.29) is 19.1 Å². The average molecular weight is 298 g/mol. The van der Waals surface area contributed by atoms with Crippen LogP contribution in [0.25, 0.3) is 0 Å². The fraction of sp³-hybridized carbons (Fsp3) is 0.750. The van der Waals surface area contributed by atoms with Crippen molar-refractivity contribution < 1.29 is 23.8 Å². The summed E-state index contributed by atoms with van der Waals surface area (Å²) in [7, 11) is 0. The van der Waals surface area contributed by atoms with Crippen LogP contribution < -0.4 is 0 Å². The van der Waals surface area contributed by atoms with Crippen molar-refractivity contribution in [1.29, 1.82) is 0 Å². The highest BCUT2D eigenvalue weighted by Crippen LogP contribution is 2.39. The number of carbonyl (C=O) groups is 2. The minimum atomic E-state index is -1.24. The molecule has 1 heterocycles. The number of esters is 2. The van der Waals surface area contributed by atoms with Gasteiger partial charge in [0, 0.05) is 13.0 Å². The molecule has 0 aromatic carbocycles. The molecule has 1 saturated heterocycles. The van der Waals surface area contributed by atoms with Crippen LogP contribution in [0.3, 0.4) is 0 Å². The van der Waals surface area contributed by atoms with Crippen molar-refractivity contribution in [2.24, 2.45) is 5.41 Å². The number of allylic oxidation sites excluding steroid dienone is 1. The second-order valence-corrected chi connectivity index (χ2v) is 5.31. The number of hydrogen-bond acceptors (Lipinski definition) is 5. The maximum atomic E-state index is 12.1. The second-order valence-electron chi connectivity index (χ2n) is 5.31. The molecule has 2 unspecified atom stereocenters. The van der Waals surface area contributed by atoms with E-state index in [9.17, 15) is 9.59 Å². The van der Waals surface area contributed by atoms with Crippen LogP contribution in [0.5, 0.6) is 0 Å². The fourth-order valence-corrected chi connectivity index (χ4v) is 2.47. The molecule has 0 radical (unpaired) electrons. The zero-order valence-corrected chi connectivity index (χ0v) is 13.1. The first-order valence-corrected chi connectivity index (χ1v) is 7.67. The molecule has 5 heteroatoms. The molecule has 2 atom stereocenters. The third-order valence-corrected chi connectivity index (χ3v) is 3.60. The van der Waals surface area contributed by atoms with E-state index in [1.165, 1.54) is 0 Å². The van der Waals surface area contributed by atoms with Gasteiger partial charge in [0.25, 0.3) is 0 Å². The minimum Gasteiger partial charge on any atom is -0.465 e. The molecule has 21 heavy (non-hydrogen) atoms. The molecule has 0 amide bonds. The highest BCUT2D eigenvalue weighted by atomic mass is 16.6. The summed E-state index contributed by atoms with van der Waals surface area (Å²) in [4.78, 5) is 24.2. The lowest BCUT2D eigenvalue weighted by molar-refractivity contribution is -0.165. The predicted molar refractivity (Wildman–Crippen MR) is 78.7 cm³/mol. The van der Waals surface area contributed by atoms with Crippen molar-refractivity contribution >= 4 is 11.9 Å². The third-order valence-electron chi connectivity index (χ3n) is 3.60. The van der Waals surface area contributed by atoms with Crippen molar-refractivity contribution in [2.75, 3.05) is 19.8 Å². The molecule has 0 aromatic heterocycles. The van der Waals surface area contributed by atoms with Crippen LogP contribution in [0.2, 0.25) is 0 Å². The van der Waals surface area contributed by atoms with E-state index >= 15 is 0 Å². The van der Waals surface area contributed by atoms with Gasteiger partial charge in [0.1, 0.15) is 6.10 Å². The summed E-state index contributed by atoms with van der Waals surface area (Å²) in [5.74, 6) is -1.05. The maximum Gasteiger partial charge on any atom is 0.324 e. The Hall–Kier alpha value is -1.36. The smallest absolute Gasteiger partial charge is 0.324 e. The largest absolute Gasteiger partial charge is 0.465 e.